The van der Waals surface area contributed by atoms with E-state index in [1.807, 2.05) is 64.6 Å². The molecule has 0 unspecified atom stereocenters. The zero-order chi connectivity index (χ0) is 12.3. The van der Waals surface area contributed by atoms with Gasteiger partial charge in [0.05, 0.1) is 5.69 Å². The Hall–Kier alpha value is -1.31. The summed E-state index contributed by atoms with van der Waals surface area (Å²) in [6, 6.07) is 1.96. The highest BCUT2D eigenvalue weighted by molar-refractivity contribution is 5.48. The zero-order valence-electron chi connectivity index (χ0n) is 10.9. The Balaban J connectivity index is 0. The van der Waals surface area contributed by atoms with Crippen LogP contribution in [0.2, 0.25) is 0 Å². The summed E-state index contributed by atoms with van der Waals surface area (Å²) in [4.78, 5) is 0. The highest BCUT2D eigenvalue weighted by atomic mass is 15.2. The summed E-state index contributed by atoms with van der Waals surface area (Å²) in [5.74, 6) is 0. The van der Waals surface area contributed by atoms with E-state index in [-0.39, 0.29) is 0 Å². The lowest BCUT2D eigenvalue weighted by Crippen LogP contribution is -1.91. The zero-order valence-corrected chi connectivity index (χ0v) is 10.9. The van der Waals surface area contributed by atoms with E-state index in [1.165, 1.54) is 0 Å². The molecule has 2 nitrogen and oxygen atoms in total. The fourth-order valence-corrected chi connectivity index (χ4v) is 0.775. The van der Waals surface area contributed by atoms with Crippen LogP contribution in [0.4, 0.5) is 0 Å². The van der Waals surface area contributed by atoms with E-state index in [2.05, 4.69) is 11.7 Å². The molecule has 0 radical (unpaired) electrons. The molecule has 0 fully saturated rings. The first-order chi connectivity index (χ1) is 7.20. The number of nitrogens with zero attached hydrogens (tertiary/aromatic N) is 2. The number of rotatable bonds is 2. The van der Waals surface area contributed by atoms with E-state index in [4.69, 9.17) is 0 Å². The van der Waals surface area contributed by atoms with Crippen LogP contribution >= 0.6 is 0 Å². The van der Waals surface area contributed by atoms with Crippen LogP contribution in [0, 0.1) is 0 Å². The molecule has 0 aromatic carbocycles. The molecule has 1 aromatic rings. The minimum absolute atomic E-state index is 1.05. The van der Waals surface area contributed by atoms with E-state index < -0.39 is 0 Å². The van der Waals surface area contributed by atoms with Crippen molar-refractivity contribution in [3.05, 3.63) is 36.2 Å². The van der Waals surface area contributed by atoms with E-state index in [0.717, 1.165) is 11.3 Å². The van der Waals surface area contributed by atoms with Gasteiger partial charge in [0.1, 0.15) is 0 Å². The fourth-order valence-electron chi connectivity index (χ4n) is 0.775. The molecule has 0 saturated carbocycles. The molecule has 1 aromatic heterocycles. The molecule has 0 saturated heterocycles. The molecule has 2 heteroatoms. The molecule has 0 spiro atoms. The van der Waals surface area contributed by atoms with Gasteiger partial charge >= 0.3 is 0 Å². The standard InChI is InChI=1S/C9H12N2.2C2H6/c1-8(2)4-5-9-6-7-10-11(9)3;2*1-2/h4-7H,1H2,2-3H3;2*1-2H3/b5-4-;;. The third-order valence-corrected chi connectivity index (χ3v) is 1.40. The number of aryl methyl sites for hydroxylation is 1. The second-order valence-corrected chi connectivity index (χ2v) is 2.56. The molecule has 15 heavy (non-hydrogen) atoms. The van der Waals surface area contributed by atoms with Crippen LogP contribution < -0.4 is 0 Å². The van der Waals surface area contributed by atoms with Crippen LogP contribution in [0.15, 0.2) is 30.5 Å². The molecule has 0 bridgehead atoms. The summed E-state index contributed by atoms with van der Waals surface area (Å²) in [6.45, 7) is 13.7. The van der Waals surface area contributed by atoms with Crippen LogP contribution in [0.5, 0.6) is 0 Å². The smallest absolute Gasteiger partial charge is 0.0606 e. The number of aromatic nitrogens is 2. The molecular weight excluding hydrogens is 184 g/mol. The largest absolute Gasteiger partial charge is 0.269 e. The van der Waals surface area contributed by atoms with Gasteiger partial charge in [-0.05, 0) is 19.1 Å². The molecule has 1 heterocycles. The van der Waals surface area contributed by atoms with Crippen molar-refractivity contribution >= 4 is 6.08 Å². The number of allylic oxidation sites excluding steroid dienone is 2. The quantitative estimate of drug-likeness (QED) is 0.670. The molecule has 0 aliphatic heterocycles. The van der Waals surface area contributed by atoms with E-state index >= 15 is 0 Å². The number of hydrogen-bond donors (Lipinski definition) is 0. The molecule has 0 aliphatic rings. The van der Waals surface area contributed by atoms with Crippen molar-refractivity contribution in [2.45, 2.75) is 34.6 Å². The second kappa shape index (κ2) is 10.8. The van der Waals surface area contributed by atoms with Crippen molar-refractivity contribution in [1.82, 2.24) is 9.78 Å². The van der Waals surface area contributed by atoms with Crippen LogP contribution in [0.3, 0.4) is 0 Å². The molecule has 86 valence electrons. The Morgan fingerprint density at radius 3 is 2.20 bits per heavy atom. The molecule has 0 amide bonds. The molecule has 0 N–H and O–H groups in total. The Kier molecular flexibility index (Phi) is 11.6. The van der Waals surface area contributed by atoms with Gasteiger partial charge in [0.2, 0.25) is 0 Å². The topological polar surface area (TPSA) is 17.8 Å². The first-order valence-corrected chi connectivity index (χ1v) is 5.52. The maximum atomic E-state index is 4.03. The van der Waals surface area contributed by atoms with Gasteiger partial charge in [-0.25, -0.2) is 0 Å². The first-order valence-electron chi connectivity index (χ1n) is 5.52. The van der Waals surface area contributed by atoms with Gasteiger partial charge in [0, 0.05) is 13.2 Å². The van der Waals surface area contributed by atoms with Gasteiger partial charge < -0.3 is 0 Å². The minimum atomic E-state index is 1.05. The Bertz CT molecular complexity index is 282. The van der Waals surface area contributed by atoms with Gasteiger partial charge in [0.25, 0.3) is 0 Å². The van der Waals surface area contributed by atoms with Crippen LogP contribution in [0.1, 0.15) is 40.3 Å². The lowest BCUT2D eigenvalue weighted by molar-refractivity contribution is 0.759. The molecule has 0 atom stereocenters. The highest BCUT2D eigenvalue weighted by Gasteiger charge is 1.89. The van der Waals surface area contributed by atoms with Gasteiger partial charge in [0.15, 0.2) is 0 Å². The number of hydrogen-bond acceptors (Lipinski definition) is 1. The van der Waals surface area contributed by atoms with Gasteiger partial charge in [-0.1, -0.05) is 45.9 Å². The Labute approximate surface area is 94.3 Å². The fraction of sp³-hybridized carbons (Fsp3) is 0.462. The van der Waals surface area contributed by atoms with Crippen molar-refractivity contribution in [3.8, 4) is 0 Å². The lowest BCUT2D eigenvalue weighted by Gasteiger charge is -1.92. The summed E-state index contributed by atoms with van der Waals surface area (Å²) in [5.41, 5.74) is 2.14. The van der Waals surface area contributed by atoms with Crippen molar-refractivity contribution in [1.29, 1.82) is 0 Å². The molecule has 1 rings (SSSR count). The summed E-state index contributed by atoms with van der Waals surface area (Å²) < 4.78 is 1.82. The first kappa shape index (κ1) is 16.1. The van der Waals surface area contributed by atoms with Crippen LogP contribution in [-0.4, -0.2) is 9.78 Å². The van der Waals surface area contributed by atoms with Crippen molar-refractivity contribution in [2.24, 2.45) is 7.05 Å². The monoisotopic (exact) mass is 208 g/mol. The lowest BCUT2D eigenvalue weighted by atomic mass is 10.3. The Morgan fingerprint density at radius 1 is 1.33 bits per heavy atom. The summed E-state index contributed by atoms with van der Waals surface area (Å²) in [7, 11) is 1.91. The van der Waals surface area contributed by atoms with Crippen LogP contribution in [0.25, 0.3) is 6.08 Å². The van der Waals surface area contributed by atoms with Crippen LogP contribution in [-0.2, 0) is 7.05 Å². The van der Waals surface area contributed by atoms with Crippen molar-refractivity contribution < 1.29 is 0 Å². The minimum Gasteiger partial charge on any atom is -0.269 e. The summed E-state index contributed by atoms with van der Waals surface area (Å²) in [6.07, 6.45) is 5.74. The molecular formula is C13H24N2. The van der Waals surface area contributed by atoms with Crippen molar-refractivity contribution in [3.63, 3.8) is 0 Å². The third-order valence-electron chi connectivity index (χ3n) is 1.40. The maximum absolute atomic E-state index is 4.03. The van der Waals surface area contributed by atoms with Gasteiger partial charge in [-0.2, -0.15) is 5.10 Å². The molecule has 0 aliphatic carbocycles. The van der Waals surface area contributed by atoms with Gasteiger partial charge in [-0.3, -0.25) is 4.68 Å². The van der Waals surface area contributed by atoms with E-state index in [0.29, 0.717) is 0 Å². The average molecular weight is 208 g/mol. The predicted molar refractivity (Wildman–Crippen MR) is 69.8 cm³/mol. The third kappa shape index (κ3) is 7.74. The summed E-state index contributed by atoms with van der Waals surface area (Å²) in [5, 5.41) is 4.03. The summed E-state index contributed by atoms with van der Waals surface area (Å²) >= 11 is 0. The second-order valence-electron chi connectivity index (χ2n) is 2.56. The highest BCUT2D eigenvalue weighted by Crippen LogP contribution is 2.01. The Morgan fingerprint density at radius 2 is 1.87 bits per heavy atom. The van der Waals surface area contributed by atoms with E-state index in [9.17, 15) is 0 Å². The normalized spacial score (nSPS) is 8.67. The van der Waals surface area contributed by atoms with E-state index in [1.54, 1.807) is 6.20 Å². The van der Waals surface area contributed by atoms with Gasteiger partial charge in [-0.15, -0.1) is 0 Å². The predicted octanol–water partition coefficient (Wildman–Crippen LogP) is 4.06. The SMILES string of the molecule is C=C(C)/C=C\c1ccnn1C.CC.CC. The van der Waals surface area contributed by atoms with Crippen molar-refractivity contribution in [2.75, 3.05) is 0 Å². The average Bonchev–Trinajstić information content (AvgIpc) is 2.67. The maximum Gasteiger partial charge on any atom is 0.0606 e.